The van der Waals surface area contributed by atoms with Crippen LogP contribution in [0.15, 0.2) is 24.3 Å². The Kier molecular flexibility index (Phi) is 3.66. The van der Waals surface area contributed by atoms with E-state index in [-0.39, 0.29) is 5.69 Å². The summed E-state index contributed by atoms with van der Waals surface area (Å²) in [4.78, 5) is 20.3. The van der Waals surface area contributed by atoms with Crippen LogP contribution in [0.3, 0.4) is 0 Å². The molecule has 3 rings (SSSR count). The van der Waals surface area contributed by atoms with Crippen LogP contribution in [0.1, 0.15) is 34.2 Å². The summed E-state index contributed by atoms with van der Waals surface area (Å²) in [6.45, 7) is 3.46. The lowest BCUT2D eigenvalue weighted by atomic mass is 10.0. The molecule has 0 unspecified atom stereocenters. The van der Waals surface area contributed by atoms with Crippen molar-refractivity contribution in [2.45, 2.75) is 26.3 Å². The van der Waals surface area contributed by atoms with Crippen LogP contribution in [-0.4, -0.2) is 27.6 Å². The van der Waals surface area contributed by atoms with Crippen LogP contribution in [0, 0.1) is 0 Å². The van der Waals surface area contributed by atoms with Crippen molar-refractivity contribution in [1.29, 1.82) is 0 Å². The van der Waals surface area contributed by atoms with Crippen molar-refractivity contribution in [1.82, 2.24) is 15.3 Å². The summed E-state index contributed by atoms with van der Waals surface area (Å²) in [7, 11) is 0. The monoisotopic (exact) mass is 283 g/mol. The van der Waals surface area contributed by atoms with E-state index in [1.807, 2.05) is 24.3 Å². The molecular formula is C16H17N3O2. The maximum atomic E-state index is 11.4. The predicted octanol–water partition coefficient (Wildman–Crippen LogP) is 2.05. The van der Waals surface area contributed by atoms with Gasteiger partial charge in [-0.15, -0.1) is 0 Å². The van der Waals surface area contributed by atoms with E-state index in [9.17, 15) is 9.90 Å². The van der Waals surface area contributed by atoms with E-state index >= 15 is 0 Å². The van der Waals surface area contributed by atoms with Crippen LogP contribution in [0.5, 0.6) is 0 Å². The fourth-order valence-corrected chi connectivity index (χ4v) is 2.55. The first kappa shape index (κ1) is 13.7. The zero-order valence-corrected chi connectivity index (χ0v) is 11.9. The molecule has 0 atom stereocenters. The van der Waals surface area contributed by atoms with Gasteiger partial charge in [0.25, 0.3) is 0 Å². The molecule has 5 heteroatoms. The molecule has 1 aliphatic rings. The van der Waals surface area contributed by atoms with Gasteiger partial charge in [-0.2, -0.15) is 0 Å². The summed E-state index contributed by atoms with van der Waals surface area (Å²) < 4.78 is 0. The maximum Gasteiger partial charge on any atom is 0.354 e. The van der Waals surface area contributed by atoms with Crippen molar-refractivity contribution in [3.63, 3.8) is 0 Å². The third kappa shape index (κ3) is 2.64. The Balaban J connectivity index is 2.09. The zero-order valence-electron chi connectivity index (χ0n) is 11.9. The zero-order chi connectivity index (χ0) is 14.8. The first-order valence-electron chi connectivity index (χ1n) is 7.12. The molecule has 1 aromatic carbocycles. The average Bonchev–Trinajstić information content (AvgIpc) is 2.53. The molecule has 1 aromatic heterocycles. The number of benzene rings is 1. The molecule has 0 bridgehead atoms. The molecule has 2 aromatic rings. The van der Waals surface area contributed by atoms with Crippen molar-refractivity contribution < 1.29 is 9.90 Å². The largest absolute Gasteiger partial charge is 0.476 e. The second kappa shape index (κ2) is 5.61. The molecule has 1 aliphatic heterocycles. The molecule has 0 saturated carbocycles. The van der Waals surface area contributed by atoms with Crippen LogP contribution in [-0.2, 0) is 19.4 Å². The Morgan fingerprint density at radius 1 is 1.29 bits per heavy atom. The van der Waals surface area contributed by atoms with Gasteiger partial charge in [-0.1, -0.05) is 31.2 Å². The van der Waals surface area contributed by atoms with Gasteiger partial charge < -0.3 is 10.4 Å². The molecule has 0 radical (unpaired) electrons. The van der Waals surface area contributed by atoms with Crippen LogP contribution in [0.25, 0.3) is 11.4 Å². The highest BCUT2D eigenvalue weighted by Gasteiger charge is 2.21. The van der Waals surface area contributed by atoms with E-state index in [2.05, 4.69) is 22.2 Å². The second-order valence-corrected chi connectivity index (χ2v) is 5.10. The molecule has 0 amide bonds. The number of aromatic nitrogens is 2. The minimum atomic E-state index is -0.984. The quantitative estimate of drug-likeness (QED) is 0.901. The van der Waals surface area contributed by atoms with E-state index in [1.165, 1.54) is 5.56 Å². The summed E-state index contributed by atoms with van der Waals surface area (Å²) in [6, 6.07) is 7.94. The van der Waals surface area contributed by atoms with Gasteiger partial charge in [0.15, 0.2) is 11.5 Å². The molecule has 5 nitrogen and oxygen atoms in total. The first-order chi connectivity index (χ1) is 10.2. The fraction of sp³-hybridized carbons (Fsp3) is 0.312. The topological polar surface area (TPSA) is 75.1 Å². The van der Waals surface area contributed by atoms with Crippen LogP contribution in [0.2, 0.25) is 0 Å². The lowest BCUT2D eigenvalue weighted by Gasteiger charge is -2.18. The van der Waals surface area contributed by atoms with Gasteiger partial charge in [0.05, 0.1) is 5.69 Å². The Morgan fingerprint density at radius 3 is 2.71 bits per heavy atom. The minimum Gasteiger partial charge on any atom is -0.476 e. The number of carbonyl (C=O) groups is 1. The number of fused-ring (bicyclic) bond motifs is 1. The van der Waals surface area contributed by atoms with Gasteiger partial charge in [-0.3, -0.25) is 0 Å². The fourth-order valence-electron chi connectivity index (χ4n) is 2.55. The normalized spacial score (nSPS) is 13.8. The highest BCUT2D eigenvalue weighted by atomic mass is 16.4. The molecule has 2 N–H and O–H groups in total. The third-order valence-electron chi connectivity index (χ3n) is 3.76. The predicted molar refractivity (Wildman–Crippen MR) is 79.2 cm³/mol. The lowest BCUT2D eigenvalue weighted by Crippen LogP contribution is -2.27. The number of rotatable bonds is 3. The number of nitrogens with zero attached hydrogens (tertiary/aromatic N) is 2. The van der Waals surface area contributed by atoms with Gasteiger partial charge in [-0.25, -0.2) is 14.8 Å². The van der Waals surface area contributed by atoms with Crippen molar-refractivity contribution in [2.75, 3.05) is 6.54 Å². The summed E-state index contributed by atoms with van der Waals surface area (Å²) in [5.41, 5.74) is 3.77. The SMILES string of the molecule is CCc1ccc(-c2nc3c(c(C(=O)O)n2)CCNC3)cc1. The molecule has 21 heavy (non-hydrogen) atoms. The number of aromatic carboxylic acids is 1. The summed E-state index contributed by atoms with van der Waals surface area (Å²) >= 11 is 0. The highest BCUT2D eigenvalue weighted by molar-refractivity contribution is 5.88. The third-order valence-corrected chi connectivity index (χ3v) is 3.76. The number of nitrogens with one attached hydrogen (secondary N) is 1. The number of carboxylic acids is 1. The van der Waals surface area contributed by atoms with Crippen LogP contribution >= 0.6 is 0 Å². The first-order valence-corrected chi connectivity index (χ1v) is 7.12. The molecular weight excluding hydrogens is 266 g/mol. The molecule has 0 spiro atoms. The number of hydrogen-bond acceptors (Lipinski definition) is 4. The maximum absolute atomic E-state index is 11.4. The van der Waals surface area contributed by atoms with Crippen molar-refractivity contribution in [2.24, 2.45) is 0 Å². The molecule has 0 aliphatic carbocycles. The van der Waals surface area contributed by atoms with E-state index in [0.29, 0.717) is 18.8 Å². The van der Waals surface area contributed by atoms with Crippen molar-refractivity contribution >= 4 is 5.97 Å². The van der Waals surface area contributed by atoms with Crippen LogP contribution < -0.4 is 5.32 Å². The van der Waals surface area contributed by atoms with Gasteiger partial charge >= 0.3 is 5.97 Å². The van der Waals surface area contributed by atoms with Crippen LogP contribution in [0.4, 0.5) is 0 Å². The Hall–Kier alpha value is -2.27. The van der Waals surface area contributed by atoms with E-state index in [1.54, 1.807) is 0 Å². The number of aryl methyl sites for hydroxylation is 1. The van der Waals surface area contributed by atoms with E-state index in [0.717, 1.165) is 29.8 Å². The van der Waals surface area contributed by atoms with Gasteiger partial charge in [0, 0.05) is 17.7 Å². The average molecular weight is 283 g/mol. The van der Waals surface area contributed by atoms with E-state index < -0.39 is 5.97 Å². The Bertz CT molecular complexity index is 681. The van der Waals surface area contributed by atoms with Gasteiger partial charge in [0.1, 0.15) is 0 Å². The van der Waals surface area contributed by atoms with E-state index in [4.69, 9.17) is 0 Å². The van der Waals surface area contributed by atoms with Crippen molar-refractivity contribution in [3.05, 3.63) is 46.8 Å². The van der Waals surface area contributed by atoms with Gasteiger partial charge in [0.2, 0.25) is 0 Å². The second-order valence-electron chi connectivity index (χ2n) is 5.10. The molecule has 2 heterocycles. The minimum absolute atomic E-state index is 0.135. The molecule has 0 saturated heterocycles. The highest BCUT2D eigenvalue weighted by Crippen LogP contribution is 2.22. The smallest absolute Gasteiger partial charge is 0.354 e. The molecule has 0 fully saturated rings. The molecule has 108 valence electrons. The summed E-state index contributed by atoms with van der Waals surface area (Å²) in [6.07, 6.45) is 1.63. The Labute approximate surface area is 123 Å². The lowest BCUT2D eigenvalue weighted by molar-refractivity contribution is 0.0688. The van der Waals surface area contributed by atoms with Crippen molar-refractivity contribution in [3.8, 4) is 11.4 Å². The number of carboxylic acid groups (broad SMARTS) is 1. The Morgan fingerprint density at radius 2 is 2.05 bits per heavy atom. The van der Waals surface area contributed by atoms with Gasteiger partial charge in [-0.05, 0) is 24.9 Å². The number of hydrogen-bond donors (Lipinski definition) is 2. The standard InChI is InChI=1S/C16H17N3O2/c1-2-10-3-5-11(6-4-10)15-18-13-9-17-8-7-12(13)14(19-15)16(20)21/h3-6,17H,2,7-9H2,1H3,(H,20,21). The summed E-state index contributed by atoms with van der Waals surface area (Å²) in [5.74, 6) is -0.500. The summed E-state index contributed by atoms with van der Waals surface area (Å²) in [5, 5.41) is 12.6.